The fraction of sp³-hybridized carbons (Fsp3) is 0.0714. The van der Waals surface area contributed by atoms with Crippen LogP contribution in [0.25, 0.3) is 6.08 Å². The van der Waals surface area contributed by atoms with Gasteiger partial charge < -0.3 is 5.11 Å². The molecule has 3 aromatic carbocycles. The zero-order valence-electron chi connectivity index (χ0n) is 19.0. The van der Waals surface area contributed by atoms with Crippen LogP contribution in [0.3, 0.4) is 0 Å². The molecule has 1 aromatic heterocycles. The number of aromatic nitrogens is 2. The number of aliphatic hydroxyl groups excluding tert-OH is 1. The minimum atomic E-state index is -0.813. The van der Waals surface area contributed by atoms with E-state index in [-0.39, 0.29) is 5.57 Å². The zero-order valence-corrected chi connectivity index (χ0v) is 20.7. The summed E-state index contributed by atoms with van der Waals surface area (Å²) in [5.41, 5.74) is 2.70. The maximum Gasteiger partial charge on any atom is 0.296 e. The molecule has 0 spiro atoms. The van der Waals surface area contributed by atoms with Crippen LogP contribution in [0.1, 0.15) is 22.7 Å². The predicted octanol–water partition coefficient (Wildman–Crippen LogP) is 6.01. The molecule has 36 heavy (non-hydrogen) atoms. The van der Waals surface area contributed by atoms with Gasteiger partial charge in [-0.25, -0.2) is 0 Å². The number of hydrogen-bond donors (Lipinski definition) is 1. The first-order chi connectivity index (χ1) is 17.6. The van der Waals surface area contributed by atoms with Crippen molar-refractivity contribution in [2.75, 3.05) is 4.90 Å². The maximum atomic E-state index is 13.3. The monoisotopic (exact) mass is 511 g/mol. The molecule has 1 aliphatic heterocycles. The van der Waals surface area contributed by atoms with Crippen molar-refractivity contribution in [1.29, 1.82) is 0 Å². The Morgan fingerprint density at radius 1 is 0.944 bits per heavy atom. The van der Waals surface area contributed by atoms with E-state index in [9.17, 15) is 14.7 Å². The third-order valence-corrected chi connectivity index (χ3v) is 7.75. The molecular weight excluding hydrogens is 490 g/mol. The van der Waals surface area contributed by atoms with Crippen LogP contribution in [-0.2, 0) is 15.3 Å². The van der Waals surface area contributed by atoms with Gasteiger partial charge in [-0.05, 0) is 22.8 Å². The molecule has 1 amide bonds. The highest BCUT2D eigenvalue weighted by Gasteiger charge is 2.45. The summed E-state index contributed by atoms with van der Waals surface area (Å²) in [5, 5.41) is 19.6. The number of rotatable bonds is 8. The van der Waals surface area contributed by atoms with E-state index in [4.69, 9.17) is 0 Å². The van der Waals surface area contributed by atoms with Crippen LogP contribution in [0.15, 0.2) is 113 Å². The van der Waals surface area contributed by atoms with Gasteiger partial charge in [0.25, 0.3) is 5.91 Å². The number of aliphatic hydroxyl groups is 1. The standard InChI is InChI=1S/C28H21N3O3S2/c32-22(17-16-19-10-4-1-5-11-19)23-24(21-14-8-3-9-15-21)31(26(34)25(23)33)27-29-30-28(36-27)35-18-20-12-6-2-7-13-20/h1-17,24,33H,18H2/b17-16+. The molecular formula is C28H21N3O3S2. The fourth-order valence-electron chi connectivity index (χ4n) is 3.91. The van der Waals surface area contributed by atoms with Gasteiger partial charge in [0.05, 0.1) is 11.6 Å². The lowest BCUT2D eigenvalue weighted by Crippen LogP contribution is -2.30. The molecule has 8 heteroatoms. The first-order valence-electron chi connectivity index (χ1n) is 11.2. The fourth-order valence-corrected chi connectivity index (χ4v) is 5.73. The van der Waals surface area contributed by atoms with E-state index in [0.29, 0.717) is 20.8 Å². The Hall–Kier alpha value is -4.01. The molecule has 1 atom stereocenters. The van der Waals surface area contributed by atoms with E-state index < -0.39 is 23.5 Å². The van der Waals surface area contributed by atoms with E-state index in [2.05, 4.69) is 10.2 Å². The molecule has 178 valence electrons. The van der Waals surface area contributed by atoms with Gasteiger partial charge in [-0.2, -0.15) is 0 Å². The lowest BCUT2D eigenvalue weighted by molar-refractivity contribution is -0.117. The number of thioether (sulfide) groups is 1. The molecule has 4 aromatic rings. The Kier molecular flexibility index (Phi) is 7.06. The van der Waals surface area contributed by atoms with Crippen molar-refractivity contribution in [3.05, 3.63) is 125 Å². The third-order valence-electron chi connectivity index (χ3n) is 5.62. The predicted molar refractivity (Wildman–Crippen MR) is 143 cm³/mol. The molecule has 2 heterocycles. The molecule has 6 nitrogen and oxygen atoms in total. The van der Waals surface area contributed by atoms with Gasteiger partial charge in [0.1, 0.15) is 0 Å². The normalized spacial score (nSPS) is 15.7. The number of carbonyl (C=O) groups excluding carboxylic acids is 2. The Morgan fingerprint density at radius 3 is 2.28 bits per heavy atom. The van der Waals surface area contributed by atoms with Crippen LogP contribution >= 0.6 is 23.1 Å². The van der Waals surface area contributed by atoms with Crippen LogP contribution in [0.5, 0.6) is 0 Å². The van der Waals surface area contributed by atoms with Crippen molar-refractivity contribution in [2.24, 2.45) is 0 Å². The Morgan fingerprint density at radius 2 is 1.58 bits per heavy atom. The van der Waals surface area contributed by atoms with E-state index in [1.807, 2.05) is 91.0 Å². The highest BCUT2D eigenvalue weighted by Crippen LogP contribution is 2.43. The van der Waals surface area contributed by atoms with Gasteiger partial charge in [-0.15, -0.1) is 10.2 Å². The van der Waals surface area contributed by atoms with Gasteiger partial charge in [-0.1, -0.05) is 120 Å². The molecule has 1 unspecified atom stereocenters. The smallest absolute Gasteiger partial charge is 0.296 e. The van der Waals surface area contributed by atoms with Gasteiger partial charge in [0.15, 0.2) is 15.9 Å². The van der Waals surface area contributed by atoms with Crippen molar-refractivity contribution in [3.63, 3.8) is 0 Å². The van der Waals surface area contributed by atoms with Crippen molar-refractivity contribution in [2.45, 2.75) is 16.1 Å². The quantitative estimate of drug-likeness (QED) is 0.177. The summed E-state index contributed by atoms with van der Waals surface area (Å²) in [4.78, 5) is 27.9. The highest BCUT2D eigenvalue weighted by atomic mass is 32.2. The minimum absolute atomic E-state index is 0.0204. The Labute approximate surface area is 216 Å². The summed E-state index contributed by atoms with van der Waals surface area (Å²) < 4.78 is 0.691. The Bertz CT molecular complexity index is 1430. The second-order valence-electron chi connectivity index (χ2n) is 7.98. The summed E-state index contributed by atoms with van der Waals surface area (Å²) in [5.74, 6) is -0.969. The average Bonchev–Trinajstić information content (AvgIpc) is 3.50. The number of carbonyl (C=O) groups is 2. The van der Waals surface area contributed by atoms with Gasteiger partial charge in [-0.3, -0.25) is 14.5 Å². The molecule has 1 N–H and O–H groups in total. The Balaban J connectivity index is 1.45. The molecule has 0 radical (unpaired) electrons. The molecule has 0 bridgehead atoms. The molecule has 0 saturated heterocycles. The summed E-state index contributed by atoms with van der Waals surface area (Å²) in [6.07, 6.45) is 3.05. The number of hydrogen-bond acceptors (Lipinski definition) is 7. The van der Waals surface area contributed by atoms with Crippen LogP contribution in [0.4, 0.5) is 5.13 Å². The number of benzene rings is 3. The molecule has 0 saturated carbocycles. The lowest BCUT2D eigenvalue weighted by atomic mass is 9.96. The van der Waals surface area contributed by atoms with Crippen molar-refractivity contribution in [1.82, 2.24) is 10.2 Å². The van der Waals surface area contributed by atoms with Crippen molar-refractivity contribution >= 4 is 46.0 Å². The third kappa shape index (κ3) is 5.00. The SMILES string of the molecule is O=C(/C=C/c1ccccc1)C1=C(O)C(=O)N(c2nnc(SCc3ccccc3)s2)C1c1ccccc1. The van der Waals surface area contributed by atoms with Gasteiger partial charge in [0.2, 0.25) is 5.13 Å². The van der Waals surface area contributed by atoms with E-state index in [0.717, 1.165) is 11.1 Å². The van der Waals surface area contributed by atoms with Gasteiger partial charge >= 0.3 is 0 Å². The number of ketones is 1. The molecule has 5 rings (SSSR count). The van der Waals surface area contributed by atoms with E-state index in [1.54, 1.807) is 6.08 Å². The summed E-state index contributed by atoms with van der Waals surface area (Å²) in [6, 6.07) is 27.7. The average molecular weight is 512 g/mol. The van der Waals surface area contributed by atoms with Crippen LogP contribution in [0, 0.1) is 0 Å². The van der Waals surface area contributed by atoms with Crippen molar-refractivity contribution < 1.29 is 14.7 Å². The summed E-state index contributed by atoms with van der Waals surface area (Å²) >= 11 is 2.77. The summed E-state index contributed by atoms with van der Waals surface area (Å²) in [6.45, 7) is 0. The second-order valence-corrected chi connectivity index (χ2v) is 10.2. The topological polar surface area (TPSA) is 83.4 Å². The first kappa shape index (κ1) is 23.7. The number of nitrogens with zero attached hydrogens (tertiary/aromatic N) is 3. The number of amides is 1. The molecule has 0 fully saturated rings. The van der Waals surface area contributed by atoms with Crippen molar-refractivity contribution in [3.8, 4) is 0 Å². The maximum absolute atomic E-state index is 13.3. The lowest BCUT2D eigenvalue weighted by Gasteiger charge is -2.23. The van der Waals surface area contributed by atoms with E-state index in [1.165, 1.54) is 34.1 Å². The largest absolute Gasteiger partial charge is 0.503 e. The summed E-state index contributed by atoms with van der Waals surface area (Å²) in [7, 11) is 0. The minimum Gasteiger partial charge on any atom is -0.503 e. The van der Waals surface area contributed by atoms with Crippen LogP contribution in [0.2, 0.25) is 0 Å². The molecule has 1 aliphatic rings. The van der Waals surface area contributed by atoms with Crippen LogP contribution in [-0.4, -0.2) is 27.0 Å². The molecule has 0 aliphatic carbocycles. The first-order valence-corrected chi connectivity index (χ1v) is 13.0. The van der Waals surface area contributed by atoms with Gasteiger partial charge in [0, 0.05) is 5.75 Å². The number of allylic oxidation sites excluding steroid dienone is 1. The number of anilines is 1. The van der Waals surface area contributed by atoms with E-state index >= 15 is 0 Å². The van der Waals surface area contributed by atoms with Crippen LogP contribution < -0.4 is 4.90 Å². The zero-order chi connectivity index (χ0) is 24.9. The second kappa shape index (κ2) is 10.7. The highest BCUT2D eigenvalue weighted by molar-refractivity contribution is 8.00.